The maximum atomic E-state index is 12.5. The van der Waals surface area contributed by atoms with Crippen LogP contribution in [0.1, 0.15) is 38.4 Å². The van der Waals surface area contributed by atoms with Crippen molar-refractivity contribution in [1.29, 1.82) is 0 Å². The summed E-state index contributed by atoms with van der Waals surface area (Å²) in [5, 5.41) is 10.8. The van der Waals surface area contributed by atoms with Gasteiger partial charge in [-0.3, -0.25) is 4.79 Å². The van der Waals surface area contributed by atoms with Crippen LogP contribution in [0, 0.1) is 0 Å². The van der Waals surface area contributed by atoms with Crippen LogP contribution in [0.15, 0.2) is 30.6 Å². The molecule has 4 rings (SSSR count). The summed E-state index contributed by atoms with van der Waals surface area (Å²) < 4.78 is 1.96. The topological polar surface area (TPSA) is 83.4 Å². The smallest absolute Gasteiger partial charge is 0.315 e. The Labute approximate surface area is 158 Å². The van der Waals surface area contributed by atoms with Gasteiger partial charge >= 0.3 is 6.03 Å². The fourth-order valence-electron chi connectivity index (χ4n) is 3.96. The number of aromatic nitrogens is 3. The molecule has 27 heavy (non-hydrogen) atoms. The van der Waals surface area contributed by atoms with E-state index in [1.165, 1.54) is 12.8 Å². The van der Waals surface area contributed by atoms with E-state index in [1.807, 2.05) is 33.7 Å². The van der Waals surface area contributed by atoms with Gasteiger partial charge in [0.15, 0.2) is 5.82 Å². The number of carbonyl (C=O) groups excluding carboxylic acids is 2. The summed E-state index contributed by atoms with van der Waals surface area (Å²) in [5.74, 6) is 0.858. The number of urea groups is 1. The van der Waals surface area contributed by atoms with Crippen LogP contribution in [-0.2, 0) is 17.9 Å². The fourth-order valence-corrected chi connectivity index (χ4v) is 3.96. The Kier molecular flexibility index (Phi) is 4.79. The number of anilines is 2. The van der Waals surface area contributed by atoms with Gasteiger partial charge in [0.25, 0.3) is 0 Å². The van der Waals surface area contributed by atoms with Gasteiger partial charge < -0.3 is 19.7 Å². The summed E-state index contributed by atoms with van der Waals surface area (Å²) in [5.41, 5.74) is 1.60. The average molecular weight is 368 g/mol. The third-order valence-corrected chi connectivity index (χ3v) is 5.35. The Morgan fingerprint density at radius 3 is 2.59 bits per heavy atom. The molecule has 0 saturated heterocycles. The van der Waals surface area contributed by atoms with E-state index >= 15 is 0 Å². The predicted octanol–water partition coefficient (Wildman–Crippen LogP) is 2.62. The highest BCUT2D eigenvalue weighted by molar-refractivity contribution is 5.93. The van der Waals surface area contributed by atoms with Crippen molar-refractivity contribution < 1.29 is 9.59 Å². The Morgan fingerprint density at radius 2 is 1.89 bits per heavy atom. The Balaban J connectivity index is 1.41. The molecule has 3 amide bonds. The van der Waals surface area contributed by atoms with Gasteiger partial charge in [0.05, 0.1) is 6.54 Å². The second kappa shape index (κ2) is 7.38. The molecule has 0 unspecified atom stereocenters. The number of amides is 3. The normalized spacial score (nSPS) is 16.9. The van der Waals surface area contributed by atoms with Crippen molar-refractivity contribution in [3.63, 3.8) is 0 Å². The Hall–Kier alpha value is -2.90. The number of hydrogen-bond acceptors (Lipinski definition) is 4. The van der Waals surface area contributed by atoms with Gasteiger partial charge in [-0.05, 0) is 37.1 Å². The molecule has 1 aromatic heterocycles. The summed E-state index contributed by atoms with van der Waals surface area (Å²) in [6.07, 6.45) is 6.14. The molecule has 1 aromatic carbocycles. The first-order valence-electron chi connectivity index (χ1n) is 9.44. The standard InChI is InChI=1S/C19H24N6O2/c1-14(26)25(16-4-2-3-5-16)17-8-6-15(7-9-17)21-19(27)23-10-11-24-13-20-22-18(24)12-23/h6-9,13,16H,2-5,10-12H2,1H3,(H,21,27). The van der Waals surface area contributed by atoms with Crippen LogP contribution >= 0.6 is 0 Å². The first-order chi connectivity index (χ1) is 13.1. The van der Waals surface area contributed by atoms with Crippen LogP contribution in [-0.4, -0.2) is 44.2 Å². The predicted molar refractivity (Wildman–Crippen MR) is 101 cm³/mol. The monoisotopic (exact) mass is 368 g/mol. The number of benzene rings is 1. The summed E-state index contributed by atoms with van der Waals surface area (Å²) in [7, 11) is 0. The summed E-state index contributed by atoms with van der Waals surface area (Å²) in [6, 6.07) is 7.64. The SMILES string of the molecule is CC(=O)N(c1ccc(NC(=O)N2CCn3cnnc3C2)cc1)C1CCCC1. The van der Waals surface area contributed by atoms with Crippen molar-refractivity contribution in [2.75, 3.05) is 16.8 Å². The van der Waals surface area contributed by atoms with E-state index in [1.54, 1.807) is 18.2 Å². The molecule has 1 N–H and O–H groups in total. The van der Waals surface area contributed by atoms with Crippen LogP contribution < -0.4 is 10.2 Å². The number of nitrogens with one attached hydrogen (secondary N) is 1. The lowest BCUT2D eigenvalue weighted by Gasteiger charge is -2.28. The highest BCUT2D eigenvalue weighted by atomic mass is 16.2. The van der Waals surface area contributed by atoms with E-state index in [-0.39, 0.29) is 18.0 Å². The minimum atomic E-state index is -0.156. The quantitative estimate of drug-likeness (QED) is 0.903. The van der Waals surface area contributed by atoms with Gasteiger partial charge in [-0.2, -0.15) is 0 Å². The van der Waals surface area contributed by atoms with Gasteiger partial charge in [0.1, 0.15) is 6.33 Å². The zero-order valence-electron chi connectivity index (χ0n) is 15.5. The number of fused-ring (bicyclic) bond motifs is 1. The lowest BCUT2D eigenvalue weighted by atomic mass is 10.1. The molecule has 1 fully saturated rings. The second-order valence-corrected chi connectivity index (χ2v) is 7.17. The Morgan fingerprint density at radius 1 is 1.15 bits per heavy atom. The second-order valence-electron chi connectivity index (χ2n) is 7.17. The summed E-state index contributed by atoms with van der Waals surface area (Å²) in [4.78, 5) is 28.2. The molecule has 2 aromatic rings. The molecule has 1 aliphatic carbocycles. The van der Waals surface area contributed by atoms with Crippen LogP contribution in [0.25, 0.3) is 0 Å². The van der Waals surface area contributed by atoms with E-state index in [2.05, 4.69) is 15.5 Å². The molecule has 2 heterocycles. The largest absolute Gasteiger partial charge is 0.322 e. The molecule has 0 spiro atoms. The molecular weight excluding hydrogens is 344 g/mol. The maximum absolute atomic E-state index is 12.5. The van der Waals surface area contributed by atoms with Crippen molar-refractivity contribution in [2.45, 2.75) is 51.7 Å². The maximum Gasteiger partial charge on any atom is 0.322 e. The molecule has 0 atom stereocenters. The first kappa shape index (κ1) is 17.5. The third kappa shape index (κ3) is 3.65. The van der Waals surface area contributed by atoms with E-state index < -0.39 is 0 Å². The lowest BCUT2D eigenvalue weighted by molar-refractivity contribution is -0.117. The van der Waals surface area contributed by atoms with Crippen LogP contribution in [0.2, 0.25) is 0 Å². The molecular formula is C19H24N6O2. The number of carbonyl (C=O) groups is 2. The van der Waals surface area contributed by atoms with Crippen molar-refractivity contribution in [3.05, 3.63) is 36.4 Å². The zero-order valence-corrected chi connectivity index (χ0v) is 15.5. The Bertz CT molecular complexity index is 825. The zero-order chi connectivity index (χ0) is 18.8. The van der Waals surface area contributed by atoms with Crippen LogP contribution in [0.3, 0.4) is 0 Å². The number of hydrogen-bond donors (Lipinski definition) is 1. The van der Waals surface area contributed by atoms with Crippen molar-refractivity contribution in [3.8, 4) is 0 Å². The molecule has 8 nitrogen and oxygen atoms in total. The van der Waals surface area contributed by atoms with E-state index in [9.17, 15) is 9.59 Å². The highest BCUT2D eigenvalue weighted by Gasteiger charge is 2.26. The number of rotatable bonds is 3. The van der Waals surface area contributed by atoms with Crippen molar-refractivity contribution >= 4 is 23.3 Å². The van der Waals surface area contributed by atoms with Crippen molar-refractivity contribution in [1.82, 2.24) is 19.7 Å². The third-order valence-electron chi connectivity index (χ3n) is 5.35. The van der Waals surface area contributed by atoms with Crippen molar-refractivity contribution in [2.24, 2.45) is 0 Å². The summed E-state index contributed by atoms with van der Waals surface area (Å²) in [6.45, 7) is 3.38. The molecule has 8 heteroatoms. The minimum Gasteiger partial charge on any atom is -0.315 e. The first-order valence-corrected chi connectivity index (χ1v) is 9.44. The molecule has 1 aliphatic heterocycles. The van der Waals surface area contributed by atoms with E-state index in [4.69, 9.17) is 0 Å². The molecule has 0 bridgehead atoms. The summed E-state index contributed by atoms with van der Waals surface area (Å²) >= 11 is 0. The average Bonchev–Trinajstić information content (AvgIpc) is 3.34. The van der Waals surface area contributed by atoms with E-state index in [0.29, 0.717) is 25.3 Å². The van der Waals surface area contributed by atoms with Gasteiger partial charge in [-0.15, -0.1) is 10.2 Å². The number of nitrogens with zero attached hydrogens (tertiary/aromatic N) is 5. The minimum absolute atomic E-state index is 0.0658. The van der Waals surface area contributed by atoms with Crippen LogP contribution in [0.5, 0.6) is 0 Å². The molecule has 0 radical (unpaired) electrons. The van der Waals surface area contributed by atoms with Gasteiger partial charge in [-0.25, -0.2) is 4.79 Å². The van der Waals surface area contributed by atoms with E-state index in [0.717, 1.165) is 24.4 Å². The lowest BCUT2D eigenvalue weighted by Crippen LogP contribution is -2.40. The molecule has 1 saturated carbocycles. The molecule has 2 aliphatic rings. The van der Waals surface area contributed by atoms with Crippen LogP contribution in [0.4, 0.5) is 16.2 Å². The highest BCUT2D eigenvalue weighted by Crippen LogP contribution is 2.29. The molecule has 142 valence electrons. The van der Waals surface area contributed by atoms with Gasteiger partial charge in [0, 0.05) is 37.4 Å². The van der Waals surface area contributed by atoms with Gasteiger partial charge in [0.2, 0.25) is 5.91 Å². The fraction of sp³-hybridized carbons (Fsp3) is 0.474. The van der Waals surface area contributed by atoms with Gasteiger partial charge in [-0.1, -0.05) is 12.8 Å².